The van der Waals surface area contributed by atoms with Gasteiger partial charge in [0, 0.05) is 0 Å². The fraction of sp³-hybridized carbons (Fsp3) is 0.935. The van der Waals surface area contributed by atoms with Gasteiger partial charge in [0.15, 0.2) is 0 Å². The summed E-state index contributed by atoms with van der Waals surface area (Å²) in [4.78, 5) is 0. The van der Waals surface area contributed by atoms with E-state index in [1.807, 2.05) is 0 Å². The largest absolute Gasteiger partial charge is 0.0999 e. The average Bonchev–Trinajstić information content (AvgIpc) is 2.75. The van der Waals surface area contributed by atoms with Gasteiger partial charge in [-0.05, 0) is 25.2 Å². The SMILES string of the molecule is C=C(CCCCCCCCCCCCCCCCCCCCC)CC(CCC)CCC. The monoisotopic (exact) mass is 434 g/mol. The highest BCUT2D eigenvalue weighted by Crippen LogP contribution is 2.24. The predicted molar refractivity (Wildman–Crippen MR) is 145 cm³/mol. The molecule has 0 N–H and O–H groups in total. The summed E-state index contributed by atoms with van der Waals surface area (Å²) in [5.74, 6) is 0.905. The number of rotatable bonds is 26. The molecule has 0 atom stereocenters. The third-order valence-corrected chi connectivity index (χ3v) is 7.11. The van der Waals surface area contributed by atoms with Crippen molar-refractivity contribution in [3.8, 4) is 0 Å². The van der Waals surface area contributed by atoms with Crippen molar-refractivity contribution in [1.82, 2.24) is 0 Å². The van der Waals surface area contributed by atoms with Crippen molar-refractivity contribution in [1.29, 1.82) is 0 Å². The van der Waals surface area contributed by atoms with Crippen molar-refractivity contribution in [2.45, 2.75) is 181 Å². The van der Waals surface area contributed by atoms with Crippen LogP contribution in [-0.2, 0) is 0 Å². The molecule has 0 fully saturated rings. The zero-order chi connectivity index (χ0) is 22.8. The van der Waals surface area contributed by atoms with Crippen molar-refractivity contribution in [3.63, 3.8) is 0 Å². The van der Waals surface area contributed by atoms with Crippen LogP contribution in [0.2, 0.25) is 0 Å². The highest BCUT2D eigenvalue weighted by Gasteiger charge is 2.08. The van der Waals surface area contributed by atoms with Crippen molar-refractivity contribution < 1.29 is 0 Å². The van der Waals surface area contributed by atoms with Crippen LogP contribution in [0.25, 0.3) is 0 Å². The summed E-state index contributed by atoms with van der Waals surface area (Å²) in [7, 11) is 0. The second kappa shape index (κ2) is 26.0. The Kier molecular flexibility index (Phi) is 25.8. The zero-order valence-corrected chi connectivity index (χ0v) is 22.5. The maximum absolute atomic E-state index is 4.38. The van der Waals surface area contributed by atoms with Gasteiger partial charge >= 0.3 is 0 Å². The summed E-state index contributed by atoms with van der Waals surface area (Å²) < 4.78 is 0. The Labute approximate surface area is 199 Å². The Bertz CT molecular complexity index is 336. The van der Waals surface area contributed by atoms with E-state index in [0.29, 0.717) is 0 Å². The molecule has 0 heteroatoms. The molecule has 0 spiro atoms. The third-order valence-electron chi connectivity index (χ3n) is 7.11. The summed E-state index contributed by atoms with van der Waals surface area (Å²) in [6, 6.07) is 0. The average molecular weight is 435 g/mol. The van der Waals surface area contributed by atoms with Crippen LogP contribution in [0, 0.1) is 5.92 Å². The summed E-state index contributed by atoms with van der Waals surface area (Å²) in [5, 5.41) is 0. The lowest BCUT2D eigenvalue weighted by atomic mass is 9.89. The normalized spacial score (nSPS) is 11.5. The molecule has 0 unspecified atom stereocenters. The van der Waals surface area contributed by atoms with Gasteiger partial charge in [0.1, 0.15) is 0 Å². The van der Waals surface area contributed by atoms with E-state index < -0.39 is 0 Å². The van der Waals surface area contributed by atoms with Crippen LogP contribution in [0.5, 0.6) is 0 Å². The predicted octanol–water partition coefficient (Wildman–Crippen LogP) is 12.0. The molecule has 0 aliphatic carbocycles. The van der Waals surface area contributed by atoms with Crippen LogP contribution in [0.4, 0.5) is 0 Å². The first-order valence-electron chi connectivity index (χ1n) is 14.9. The lowest BCUT2D eigenvalue weighted by Gasteiger charge is -2.16. The van der Waals surface area contributed by atoms with Crippen molar-refractivity contribution >= 4 is 0 Å². The second-order valence-electron chi connectivity index (χ2n) is 10.5. The first-order chi connectivity index (χ1) is 15.2. The molecule has 0 bridgehead atoms. The van der Waals surface area contributed by atoms with Gasteiger partial charge in [0.05, 0.1) is 0 Å². The van der Waals surface area contributed by atoms with E-state index in [4.69, 9.17) is 0 Å². The summed E-state index contributed by atoms with van der Waals surface area (Å²) in [5.41, 5.74) is 1.53. The Morgan fingerprint density at radius 1 is 0.452 bits per heavy atom. The van der Waals surface area contributed by atoms with E-state index in [1.54, 1.807) is 0 Å². The van der Waals surface area contributed by atoms with Crippen molar-refractivity contribution in [2.75, 3.05) is 0 Å². The lowest BCUT2D eigenvalue weighted by Crippen LogP contribution is -2.01. The number of hydrogen-bond acceptors (Lipinski definition) is 0. The van der Waals surface area contributed by atoms with E-state index in [1.165, 1.54) is 166 Å². The fourth-order valence-electron chi connectivity index (χ4n) is 5.13. The maximum Gasteiger partial charge on any atom is -0.0294 e. The van der Waals surface area contributed by atoms with E-state index in [0.717, 1.165) is 5.92 Å². The molecule has 0 nitrogen and oxygen atoms in total. The van der Waals surface area contributed by atoms with Gasteiger partial charge in [-0.1, -0.05) is 174 Å². The minimum Gasteiger partial charge on any atom is -0.0999 e. The standard InChI is InChI=1S/C31H62/c1-5-8-9-10-11-12-13-14-15-16-17-18-19-20-21-22-23-24-25-28-30(4)29-31(26-6-2)27-7-3/h31H,4-29H2,1-3H3. The third kappa shape index (κ3) is 24.2. The maximum atomic E-state index is 4.38. The van der Waals surface area contributed by atoms with E-state index in [9.17, 15) is 0 Å². The molecule has 0 saturated heterocycles. The van der Waals surface area contributed by atoms with Crippen LogP contribution in [0.3, 0.4) is 0 Å². The van der Waals surface area contributed by atoms with Gasteiger partial charge in [-0.2, -0.15) is 0 Å². The van der Waals surface area contributed by atoms with Gasteiger partial charge in [-0.3, -0.25) is 0 Å². The second-order valence-corrected chi connectivity index (χ2v) is 10.5. The molecule has 0 aromatic carbocycles. The highest BCUT2D eigenvalue weighted by molar-refractivity contribution is 4.95. The van der Waals surface area contributed by atoms with Gasteiger partial charge in [0.2, 0.25) is 0 Å². The topological polar surface area (TPSA) is 0 Å². The van der Waals surface area contributed by atoms with E-state index in [2.05, 4.69) is 27.4 Å². The Hall–Kier alpha value is -0.260. The van der Waals surface area contributed by atoms with Gasteiger partial charge in [-0.25, -0.2) is 0 Å². The first kappa shape index (κ1) is 30.7. The van der Waals surface area contributed by atoms with Crippen LogP contribution < -0.4 is 0 Å². The Balaban J connectivity index is 3.23. The minimum atomic E-state index is 0.905. The molecule has 0 heterocycles. The molecule has 0 rings (SSSR count). The van der Waals surface area contributed by atoms with Crippen molar-refractivity contribution in [2.24, 2.45) is 5.92 Å². The van der Waals surface area contributed by atoms with Crippen LogP contribution >= 0.6 is 0 Å². The van der Waals surface area contributed by atoms with E-state index in [-0.39, 0.29) is 0 Å². The molecular formula is C31H62. The molecular weight excluding hydrogens is 372 g/mol. The van der Waals surface area contributed by atoms with Gasteiger partial charge in [0.25, 0.3) is 0 Å². The van der Waals surface area contributed by atoms with Crippen molar-refractivity contribution in [3.05, 3.63) is 12.2 Å². The highest BCUT2D eigenvalue weighted by atomic mass is 14.1. The fourth-order valence-corrected chi connectivity index (χ4v) is 5.13. The molecule has 0 aromatic rings. The number of unbranched alkanes of at least 4 members (excludes halogenated alkanes) is 18. The Morgan fingerprint density at radius 3 is 1.10 bits per heavy atom. The number of allylic oxidation sites excluding steroid dienone is 1. The Morgan fingerprint density at radius 2 is 0.774 bits per heavy atom. The molecule has 0 saturated carbocycles. The molecule has 0 radical (unpaired) electrons. The zero-order valence-electron chi connectivity index (χ0n) is 22.5. The minimum absolute atomic E-state index is 0.905. The molecule has 0 aliphatic heterocycles. The van der Waals surface area contributed by atoms with Crippen LogP contribution in [0.1, 0.15) is 181 Å². The smallest absolute Gasteiger partial charge is 0.0294 e. The molecule has 186 valence electrons. The molecule has 0 aromatic heterocycles. The van der Waals surface area contributed by atoms with Crippen LogP contribution in [0.15, 0.2) is 12.2 Å². The van der Waals surface area contributed by atoms with Gasteiger partial charge < -0.3 is 0 Å². The lowest BCUT2D eigenvalue weighted by molar-refractivity contribution is 0.430. The van der Waals surface area contributed by atoms with E-state index >= 15 is 0 Å². The van der Waals surface area contributed by atoms with Crippen LogP contribution in [-0.4, -0.2) is 0 Å². The first-order valence-corrected chi connectivity index (χ1v) is 14.9. The summed E-state index contributed by atoms with van der Waals surface area (Å²) >= 11 is 0. The molecule has 0 aliphatic rings. The summed E-state index contributed by atoms with van der Waals surface area (Å²) in [6.07, 6.45) is 35.7. The summed E-state index contributed by atoms with van der Waals surface area (Å²) in [6.45, 7) is 11.3. The molecule has 0 amide bonds. The molecule has 31 heavy (non-hydrogen) atoms. The van der Waals surface area contributed by atoms with Gasteiger partial charge in [-0.15, -0.1) is 0 Å². The number of hydrogen-bond donors (Lipinski definition) is 0. The quantitative estimate of drug-likeness (QED) is 0.0937.